The Morgan fingerprint density at radius 2 is 1.87 bits per heavy atom. The minimum atomic E-state index is 0.173. The Morgan fingerprint density at radius 3 is 2.71 bits per heavy atom. The van der Waals surface area contributed by atoms with Crippen molar-refractivity contribution in [2.24, 2.45) is 5.92 Å². The van der Waals surface area contributed by atoms with Gasteiger partial charge in [0.05, 0.1) is 16.8 Å². The van der Waals surface area contributed by atoms with Crippen molar-refractivity contribution in [1.82, 2.24) is 9.88 Å². The predicted molar refractivity (Wildman–Crippen MR) is 129 cm³/mol. The van der Waals surface area contributed by atoms with Crippen molar-refractivity contribution in [3.8, 4) is 0 Å². The van der Waals surface area contributed by atoms with E-state index in [0.717, 1.165) is 67.3 Å². The molecule has 2 aliphatic rings. The Bertz CT molecular complexity index is 1030. The molecule has 1 aromatic heterocycles. The second-order valence-corrected chi connectivity index (χ2v) is 10.1. The van der Waals surface area contributed by atoms with Gasteiger partial charge in [0.1, 0.15) is 0 Å². The van der Waals surface area contributed by atoms with Gasteiger partial charge < -0.3 is 9.80 Å². The highest BCUT2D eigenvalue weighted by Crippen LogP contribution is 2.31. The number of hydrogen-bond acceptors (Lipinski definition) is 5. The summed E-state index contributed by atoms with van der Waals surface area (Å²) in [6.45, 7) is 3.94. The maximum absolute atomic E-state index is 13.3. The van der Waals surface area contributed by atoms with Crippen molar-refractivity contribution in [1.29, 1.82) is 0 Å². The number of aromatic nitrogens is 1. The van der Waals surface area contributed by atoms with Crippen molar-refractivity contribution >= 4 is 34.7 Å². The van der Waals surface area contributed by atoms with Crippen LogP contribution >= 0.6 is 23.1 Å². The lowest BCUT2D eigenvalue weighted by molar-refractivity contribution is 0.0689. The number of carbonyl (C=O) groups is 1. The summed E-state index contributed by atoms with van der Waals surface area (Å²) < 4.78 is 0. The molecule has 2 aliphatic heterocycles. The van der Waals surface area contributed by atoms with Crippen LogP contribution in [0.3, 0.4) is 0 Å². The number of nitrogens with zero attached hydrogens (tertiary/aromatic N) is 3. The van der Waals surface area contributed by atoms with E-state index < -0.39 is 0 Å². The van der Waals surface area contributed by atoms with Crippen LogP contribution in [-0.4, -0.2) is 42.0 Å². The number of anilines is 1. The van der Waals surface area contributed by atoms with Crippen molar-refractivity contribution in [2.45, 2.75) is 29.9 Å². The number of thioether (sulfide) groups is 1. The number of rotatable bonds is 6. The van der Waals surface area contributed by atoms with Crippen LogP contribution in [-0.2, 0) is 12.2 Å². The zero-order chi connectivity index (χ0) is 21.0. The molecule has 0 unspecified atom stereocenters. The van der Waals surface area contributed by atoms with Gasteiger partial charge in [-0.2, -0.15) is 0 Å². The van der Waals surface area contributed by atoms with Gasteiger partial charge in [0.15, 0.2) is 0 Å². The number of benzene rings is 2. The zero-order valence-electron chi connectivity index (χ0n) is 17.6. The molecule has 0 aliphatic carbocycles. The van der Waals surface area contributed by atoms with Gasteiger partial charge in [-0.1, -0.05) is 30.3 Å². The maximum Gasteiger partial charge on any atom is 0.254 e. The van der Waals surface area contributed by atoms with Crippen molar-refractivity contribution < 1.29 is 4.79 Å². The minimum absolute atomic E-state index is 0.173. The van der Waals surface area contributed by atoms with E-state index in [0.29, 0.717) is 5.92 Å². The highest BCUT2D eigenvalue weighted by Gasteiger charge is 2.28. The van der Waals surface area contributed by atoms with Gasteiger partial charge in [-0.15, -0.1) is 23.1 Å². The molecule has 160 valence electrons. The first kappa shape index (κ1) is 20.6. The van der Waals surface area contributed by atoms with E-state index in [1.165, 1.54) is 11.3 Å². The first-order valence-corrected chi connectivity index (χ1v) is 12.9. The Hall–Kier alpha value is -2.31. The largest absolute Gasteiger partial charge is 0.371 e. The molecule has 31 heavy (non-hydrogen) atoms. The third-order valence-corrected chi connectivity index (χ3v) is 8.08. The highest BCUT2D eigenvalue weighted by atomic mass is 32.2. The molecule has 1 saturated heterocycles. The first-order valence-electron chi connectivity index (χ1n) is 11.0. The fraction of sp³-hybridized carbons (Fsp3) is 0.360. The van der Waals surface area contributed by atoms with Crippen LogP contribution in [0.15, 0.2) is 64.3 Å². The third-order valence-electron chi connectivity index (χ3n) is 6.34. The Labute approximate surface area is 192 Å². The Balaban J connectivity index is 1.18. The monoisotopic (exact) mass is 449 g/mol. The lowest BCUT2D eigenvalue weighted by atomic mass is 9.95. The Morgan fingerprint density at radius 1 is 1.06 bits per heavy atom. The standard InChI is InChI=1S/C25H27N3OS2/c29-25(22-6-2-4-8-24(22)31-17-21-16-30-18-26-21)27-12-9-19(10-13-27)15-28-14-11-20-5-1-3-7-23(20)28/h1-8,16,18-19H,9-15,17H2. The molecule has 6 heteroatoms. The van der Waals surface area contributed by atoms with Crippen LogP contribution < -0.4 is 4.90 Å². The number of para-hydroxylation sites is 1. The van der Waals surface area contributed by atoms with E-state index in [1.807, 2.05) is 23.7 Å². The fourth-order valence-corrected chi connectivity index (χ4v) is 6.24. The average Bonchev–Trinajstić information content (AvgIpc) is 3.48. The number of hydrogen-bond donors (Lipinski definition) is 0. The van der Waals surface area contributed by atoms with Crippen LogP contribution in [0.2, 0.25) is 0 Å². The van der Waals surface area contributed by atoms with Crippen LogP contribution in [0.5, 0.6) is 0 Å². The van der Waals surface area contributed by atoms with Gasteiger partial charge in [0.2, 0.25) is 0 Å². The van der Waals surface area contributed by atoms with Gasteiger partial charge in [-0.25, -0.2) is 4.98 Å². The molecule has 3 aromatic rings. The summed E-state index contributed by atoms with van der Waals surface area (Å²) in [6.07, 6.45) is 3.32. The summed E-state index contributed by atoms with van der Waals surface area (Å²) in [7, 11) is 0. The van der Waals surface area contributed by atoms with Gasteiger partial charge in [0, 0.05) is 47.9 Å². The number of carbonyl (C=O) groups excluding carboxylic acids is 1. The van der Waals surface area contributed by atoms with Crippen molar-refractivity contribution in [3.05, 3.63) is 76.2 Å². The second kappa shape index (κ2) is 9.45. The molecule has 5 rings (SSSR count). The number of fused-ring (bicyclic) bond motifs is 1. The van der Waals surface area contributed by atoms with E-state index in [-0.39, 0.29) is 5.91 Å². The van der Waals surface area contributed by atoms with Gasteiger partial charge in [-0.05, 0) is 48.9 Å². The molecule has 1 fully saturated rings. The molecule has 0 radical (unpaired) electrons. The molecule has 0 bridgehead atoms. The number of thiazole rings is 1. The van der Waals surface area contributed by atoms with Crippen LogP contribution in [0.4, 0.5) is 5.69 Å². The van der Waals surface area contributed by atoms with E-state index in [9.17, 15) is 4.79 Å². The normalized spacial score (nSPS) is 16.5. The number of piperidine rings is 1. The number of amides is 1. The van der Waals surface area contributed by atoms with Gasteiger partial charge in [-0.3, -0.25) is 4.79 Å². The summed E-state index contributed by atoms with van der Waals surface area (Å²) in [6, 6.07) is 16.8. The van der Waals surface area contributed by atoms with E-state index in [1.54, 1.807) is 23.1 Å². The fourth-order valence-electron chi connectivity index (χ4n) is 4.63. The van der Waals surface area contributed by atoms with Crippen LogP contribution in [0, 0.1) is 5.92 Å². The highest BCUT2D eigenvalue weighted by molar-refractivity contribution is 7.98. The van der Waals surface area contributed by atoms with E-state index in [4.69, 9.17) is 0 Å². The molecule has 3 heterocycles. The smallest absolute Gasteiger partial charge is 0.254 e. The SMILES string of the molecule is O=C(c1ccccc1SCc1cscn1)N1CCC(CN2CCc3ccccc32)CC1. The van der Waals surface area contributed by atoms with Crippen molar-refractivity contribution in [2.75, 3.05) is 31.1 Å². The van der Waals surface area contributed by atoms with Crippen LogP contribution in [0.25, 0.3) is 0 Å². The first-order chi connectivity index (χ1) is 15.3. The lowest BCUT2D eigenvalue weighted by Gasteiger charge is -2.35. The lowest BCUT2D eigenvalue weighted by Crippen LogP contribution is -2.41. The number of likely N-dealkylation sites (tertiary alicyclic amines) is 1. The van der Waals surface area contributed by atoms with Gasteiger partial charge >= 0.3 is 0 Å². The summed E-state index contributed by atoms with van der Waals surface area (Å²) in [4.78, 5) is 23.3. The zero-order valence-corrected chi connectivity index (χ0v) is 19.2. The second-order valence-electron chi connectivity index (χ2n) is 8.32. The molecule has 0 N–H and O–H groups in total. The summed E-state index contributed by atoms with van der Waals surface area (Å²) in [5.41, 5.74) is 6.64. The van der Waals surface area contributed by atoms with E-state index in [2.05, 4.69) is 50.5 Å². The van der Waals surface area contributed by atoms with Crippen molar-refractivity contribution in [3.63, 3.8) is 0 Å². The molecule has 1 amide bonds. The minimum Gasteiger partial charge on any atom is -0.371 e. The summed E-state index contributed by atoms with van der Waals surface area (Å²) in [5, 5.41) is 2.07. The molecule has 2 aromatic carbocycles. The quantitative estimate of drug-likeness (QED) is 0.475. The summed E-state index contributed by atoms with van der Waals surface area (Å²) in [5.74, 6) is 1.63. The molecular weight excluding hydrogens is 422 g/mol. The van der Waals surface area contributed by atoms with E-state index >= 15 is 0 Å². The summed E-state index contributed by atoms with van der Waals surface area (Å²) >= 11 is 3.31. The molecule has 4 nitrogen and oxygen atoms in total. The molecule has 0 saturated carbocycles. The Kier molecular flexibility index (Phi) is 6.27. The topological polar surface area (TPSA) is 36.4 Å². The molecular formula is C25H27N3OS2. The molecule has 0 spiro atoms. The van der Waals surface area contributed by atoms with Crippen LogP contribution in [0.1, 0.15) is 34.5 Å². The average molecular weight is 450 g/mol. The maximum atomic E-state index is 13.3. The third kappa shape index (κ3) is 4.65. The van der Waals surface area contributed by atoms with Gasteiger partial charge in [0.25, 0.3) is 5.91 Å². The molecule has 0 atom stereocenters. The predicted octanol–water partition coefficient (Wildman–Crippen LogP) is 5.35.